The van der Waals surface area contributed by atoms with E-state index >= 15 is 0 Å². The number of nitrogens with zero attached hydrogens (tertiary/aromatic N) is 5. The van der Waals surface area contributed by atoms with Gasteiger partial charge in [0, 0.05) is 23.3 Å². The minimum atomic E-state index is -4.69. The fourth-order valence-electron chi connectivity index (χ4n) is 10.1. The summed E-state index contributed by atoms with van der Waals surface area (Å²) in [5.41, 5.74) is 0.598. The van der Waals surface area contributed by atoms with Gasteiger partial charge in [-0.25, -0.2) is 16.8 Å². The smallest absolute Gasteiger partial charge is 0.459 e. The molecule has 11 rings (SSSR count). The van der Waals surface area contributed by atoms with Crippen LogP contribution in [-0.2, 0) is 75.2 Å². The van der Waals surface area contributed by atoms with Crippen molar-refractivity contribution in [3.05, 3.63) is 201 Å². The molecular formula is C60H58N7O21P3S2. The van der Waals surface area contributed by atoms with Gasteiger partial charge in [-0.2, -0.15) is 9.44 Å². The van der Waals surface area contributed by atoms with Crippen LogP contribution in [0.1, 0.15) is 11.1 Å². The Morgan fingerprint density at radius 3 is 1.28 bits per heavy atom. The van der Waals surface area contributed by atoms with Crippen LogP contribution in [0.15, 0.2) is 193 Å². The van der Waals surface area contributed by atoms with Gasteiger partial charge < -0.3 is 41.8 Å². The van der Waals surface area contributed by atoms with Crippen LogP contribution < -0.4 is 27.5 Å². The molecule has 8 aromatic rings. The number of hydrogen-bond acceptors (Lipinski definition) is 24. The number of nitrogens with one attached hydrogen (secondary N) is 2. The van der Waals surface area contributed by atoms with Crippen LogP contribution >= 0.6 is 23.0 Å². The first-order chi connectivity index (χ1) is 44.8. The summed E-state index contributed by atoms with van der Waals surface area (Å²) in [5.74, 6) is -1.30. The minimum Gasteiger partial charge on any atom is -0.468 e. The number of rotatable bonds is 18. The lowest BCUT2D eigenvalue weighted by Gasteiger charge is -2.33. The van der Waals surface area contributed by atoms with Crippen molar-refractivity contribution in [2.75, 3.05) is 67.1 Å². The molecule has 3 aliphatic heterocycles. The van der Waals surface area contributed by atoms with E-state index in [-0.39, 0.29) is 77.2 Å². The van der Waals surface area contributed by atoms with E-state index in [0.717, 1.165) is 60.0 Å². The van der Waals surface area contributed by atoms with Crippen molar-refractivity contribution in [2.24, 2.45) is 13.5 Å². The Balaban J connectivity index is 1.04. The molecule has 0 saturated heterocycles. The first kappa shape index (κ1) is 66.0. The van der Waals surface area contributed by atoms with Crippen LogP contribution in [0.5, 0.6) is 23.0 Å². The third-order valence-electron chi connectivity index (χ3n) is 14.3. The summed E-state index contributed by atoms with van der Waals surface area (Å²) in [7, 11) is -20.6. The molecule has 0 saturated carbocycles. The maximum atomic E-state index is 13.7. The Morgan fingerprint density at radius 2 is 0.871 bits per heavy atom. The standard InChI is InChI=1S/C60H58N7O21P3S2/c1-78-59(68)49(61-92(74,75)55-17-9-7-15-51(55)66(70)71)39-41-19-25-45(26-20-41)85-89-63-90(84-38-36-82-34-32-80-31-33-81-35-37-83-89,86-46-27-21-42(22-28-46)40-50(60(69)79-2)62-93(76,77)56-18-10-8-16-52(56)67(72)73)65-91(64-89)87-53-29-23-43-11-3-5-13-47(43)57(53)58-48-14-6-4-12-44(48)24-30-54(58)88-91/h3-30,49-50,61-62H,31-40H2,1-2H3/t49-,50-,89?,90?/m0/s1. The SMILES string of the molecule is COC(=O)[C@H](Cc1ccc(OP23=NP(Oc4ccc(C[C@H](NS(=O)(=O)c5ccccc5[N+](=O)[O-])C(=O)OC)cc4)(=NP4(=N2)Oc2ccc5ccccc5c2-c2c(ccc5ccccc25)O4)OCCOCCOCCOCCO3)cc1)NS(=O)(=O)c1ccccc1[N+](=O)[O-]. The zero-order valence-corrected chi connectivity index (χ0v) is 53.7. The fraction of sp³-hybridized carbons (Fsp3) is 0.233. The Morgan fingerprint density at radius 1 is 0.495 bits per heavy atom. The molecule has 4 atom stereocenters. The Bertz CT molecular complexity index is 4340. The predicted molar refractivity (Wildman–Crippen MR) is 341 cm³/mol. The van der Waals surface area contributed by atoms with Crippen LogP contribution in [0.25, 0.3) is 32.7 Å². The molecule has 93 heavy (non-hydrogen) atoms. The number of carbonyl (C=O) groups excluding carboxylic acids is 2. The number of ether oxygens (including phenoxy) is 5. The summed E-state index contributed by atoms with van der Waals surface area (Å²) in [6, 6.07) is 41.1. The second-order valence-electron chi connectivity index (χ2n) is 20.5. The zero-order chi connectivity index (χ0) is 65.4. The number of sulfonamides is 2. The summed E-state index contributed by atoms with van der Waals surface area (Å²) < 4.78 is 145. The number of esters is 2. The summed E-state index contributed by atoms with van der Waals surface area (Å²) in [6.07, 6.45) is -0.628. The van der Waals surface area contributed by atoms with Gasteiger partial charge in [0.2, 0.25) is 20.0 Å². The van der Waals surface area contributed by atoms with Crippen molar-refractivity contribution >= 4 is 87.9 Å². The molecule has 2 unspecified atom stereocenters. The van der Waals surface area contributed by atoms with Gasteiger partial charge in [0.15, 0.2) is 9.79 Å². The first-order valence-corrected chi connectivity index (χ1v) is 36.0. The van der Waals surface area contributed by atoms with Crippen LogP contribution in [0.2, 0.25) is 0 Å². The van der Waals surface area contributed by atoms with Gasteiger partial charge in [0.05, 0.1) is 76.9 Å². The molecule has 33 heteroatoms. The summed E-state index contributed by atoms with van der Waals surface area (Å²) in [5, 5.41) is 27.1. The predicted octanol–water partition coefficient (Wildman–Crippen LogP) is 11.5. The highest BCUT2D eigenvalue weighted by atomic mass is 32.2. The highest BCUT2D eigenvalue weighted by Crippen LogP contribution is 2.80. The Kier molecular flexibility index (Phi) is 20.2. The van der Waals surface area contributed by atoms with Gasteiger partial charge in [-0.3, -0.25) is 38.9 Å². The summed E-state index contributed by atoms with van der Waals surface area (Å²) >= 11 is 0. The van der Waals surface area contributed by atoms with E-state index in [0.29, 0.717) is 33.8 Å². The van der Waals surface area contributed by atoms with Crippen molar-refractivity contribution < 1.29 is 87.1 Å². The number of nitro groups is 2. The first-order valence-electron chi connectivity index (χ1n) is 28.4. The molecule has 0 aliphatic carbocycles. The maximum absolute atomic E-state index is 13.7. The summed E-state index contributed by atoms with van der Waals surface area (Å²) in [6.45, 7) is 0.177. The number of carbonyl (C=O) groups is 2. The van der Waals surface area contributed by atoms with Gasteiger partial charge in [-0.15, -0.1) is 13.5 Å². The molecule has 486 valence electrons. The lowest BCUT2D eigenvalue weighted by atomic mass is 9.92. The summed E-state index contributed by atoms with van der Waals surface area (Å²) in [4.78, 5) is 47.2. The molecule has 3 aliphatic rings. The van der Waals surface area contributed by atoms with Crippen LogP contribution in [0.4, 0.5) is 11.4 Å². The fourth-order valence-corrected chi connectivity index (χ4v) is 22.0. The topological polar surface area (TPSA) is 351 Å². The average Bonchev–Trinajstić information content (AvgIpc) is 1.64. The van der Waals surface area contributed by atoms with Gasteiger partial charge in [-0.1, -0.05) is 109 Å². The lowest BCUT2D eigenvalue weighted by molar-refractivity contribution is -0.388. The molecule has 0 radical (unpaired) electrons. The van der Waals surface area contributed by atoms with Gasteiger partial charge in [0.25, 0.3) is 11.4 Å². The van der Waals surface area contributed by atoms with Crippen molar-refractivity contribution in [1.82, 2.24) is 9.44 Å². The van der Waals surface area contributed by atoms with E-state index in [1.165, 1.54) is 72.8 Å². The quantitative estimate of drug-likeness (QED) is 0.0349. The second-order valence-corrected chi connectivity index (χ2v) is 30.2. The van der Waals surface area contributed by atoms with Crippen molar-refractivity contribution in [2.45, 2.75) is 34.7 Å². The number of hydrogen-bond donors (Lipinski definition) is 2. The van der Waals surface area contributed by atoms with Gasteiger partial charge in [-0.05, 0) is 94.0 Å². The van der Waals surface area contributed by atoms with Gasteiger partial charge >= 0.3 is 34.9 Å². The Labute approximate surface area is 532 Å². The van der Waals surface area contributed by atoms with E-state index in [4.69, 9.17) is 64.4 Å². The number of fused-ring (bicyclic) bond motifs is 8. The molecule has 3 heterocycles. The highest BCUT2D eigenvalue weighted by molar-refractivity contribution is 7.90. The van der Waals surface area contributed by atoms with Crippen LogP contribution in [0.3, 0.4) is 0 Å². The number of para-hydroxylation sites is 2. The largest absolute Gasteiger partial charge is 0.468 e. The average molecular weight is 1370 g/mol. The normalized spacial score (nSPS) is 19.0. The Hall–Kier alpha value is -8.47. The van der Waals surface area contributed by atoms with Crippen LogP contribution in [-0.4, -0.2) is 118 Å². The lowest BCUT2D eigenvalue weighted by Crippen LogP contribution is -2.43. The van der Waals surface area contributed by atoms with E-state index in [1.807, 2.05) is 60.7 Å². The highest BCUT2D eigenvalue weighted by Gasteiger charge is 2.49. The van der Waals surface area contributed by atoms with Crippen molar-refractivity contribution in [3.63, 3.8) is 0 Å². The van der Waals surface area contributed by atoms with E-state index in [2.05, 4.69) is 9.44 Å². The number of methoxy groups -OCH3 is 2. The van der Waals surface area contributed by atoms with E-state index < -0.39 is 98.1 Å². The molecule has 1 spiro atoms. The molecule has 2 N–H and O–H groups in total. The monoisotopic (exact) mass is 1370 g/mol. The second kappa shape index (κ2) is 28.4. The van der Waals surface area contributed by atoms with Crippen molar-refractivity contribution in [3.8, 4) is 34.1 Å². The molecule has 8 aromatic carbocycles. The van der Waals surface area contributed by atoms with E-state index in [1.54, 1.807) is 12.1 Å². The molecule has 0 fully saturated rings. The molecule has 28 nitrogen and oxygen atoms in total. The van der Waals surface area contributed by atoms with Crippen molar-refractivity contribution in [1.29, 1.82) is 0 Å². The number of benzene rings is 8. The van der Waals surface area contributed by atoms with Crippen LogP contribution in [0, 0.1) is 20.2 Å². The van der Waals surface area contributed by atoms with Gasteiger partial charge in [0.1, 0.15) is 35.1 Å². The minimum absolute atomic E-state index is 0.0505. The molecule has 0 aromatic heterocycles. The maximum Gasteiger partial charge on any atom is 0.459 e. The van der Waals surface area contributed by atoms with E-state index in [9.17, 15) is 46.7 Å². The number of nitro benzene ring substituents is 2. The third kappa shape index (κ3) is 15.1. The zero-order valence-electron chi connectivity index (χ0n) is 49.4. The third-order valence-corrected chi connectivity index (χ3v) is 25.6. The molecule has 0 amide bonds. The molecular weight excluding hydrogens is 1310 g/mol. The molecule has 2 bridgehead atoms.